The van der Waals surface area contributed by atoms with Crippen LogP contribution in [0.4, 0.5) is 5.69 Å². The molecule has 0 atom stereocenters. The van der Waals surface area contributed by atoms with Crippen molar-refractivity contribution >= 4 is 11.6 Å². The summed E-state index contributed by atoms with van der Waals surface area (Å²) in [5, 5.41) is 0. The van der Waals surface area contributed by atoms with Crippen LogP contribution in [-0.4, -0.2) is 62.7 Å². The molecular formula is C24H32N3O2+. The van der Waals surface area contributed by atoms with Crippen molar-refractivity contribution in [3.8, 4) is 5.75 Å². The van der Waals surface area contributed by atoms with E-state index in [1.165, 1.54) is 18.8 Å². The first kappa shape index (κ1) is 19.8. The second kappa shape index (κ2) is 9.31. The molecule has 4 rings (SSSR count). The molecule has 2 saturated heterocycles. The van der Waals surface area contributed by atoms with Crippen molar-refractivity contribution in [2.75, 3.05) is 50.8 Å². The van der Waals surface area contributed by atoms with Gasteiger partial charge in [-0.3, -0.25) is 4.79 Å². The van der Waals surface area contributed by atoms with Crippen molar-refractivity contribution in [3.05, 3.63) is 60.2 Å². The minimum absolute atomic E-state index is 0.105. The van der Waals surface area contributed by atoms with Gasteiger partial charge in [0.2, 0.25) is 0 Å². The highest BCUT2D eigenvalue weighted by Crippen LogP contribution is 2.15. The van der Waals surface area contributed by atoms with E-state index in [1.807, 2.05) is 36.1 Å². The fraction of sp³-hybridized carbons (Fsp3) is 0.458. The molecule has 1 amide bonds. The average Bonchev–Trinajstić information content (AvgIpc) is 2.78. The number of carbonyl (C=O) groups is 1. The molecule has 154 valence electrons. The number of rotatable bonds is 5. The highest BCUT2D eigenvalue weighted by Gasteiger charge is 2.32. The van der Waals surface area contributed by atoms with E-state index in [4.69, 9.17) is 4.74 Å². The Hall–Kier alpha value is -2.53. The topological polar surface area (TPSA) is 37.2 Å². The summed E-state index contributed by atoms with van der Waals surface area (Å²) < 4.78 is 5.70. The summed E-state index contributed by atoms with van der Waals surface area (Å²) in [6.07, 6.45) is 2.19. The van der Waals surface area contributed by atoms with Crippen LogP contribution in [0.25, 0.3) is 0 Å². The zero-order chi connectivity index (χ0) is 20.1. The molecule has 2 aliphatic rings. The maximum Gasteiger partial charge on any atom is 0.260 e. The number of likely N-dealkylation sites (tertiary alicyclic amines) is 1. The van der Waals surface area contributed by atoms with Crippen molar-refractivity contribution in [1.29, 1.82) is 0 Å². The van der Waals surface area contributed by atoms with Crippen LogP contribution in [0.5, 0.6) is 5.75 Å². The van der Waals surface area contributed by atoms with Crippen molar-refractivity contribution < 1.29 is 14.4 Å². The van der Waals surface area contributed by atoms with Gasteiger partial charge >= 0.3 is 0 Å². The van der Waals surface area contributed by atoms with Crippen molar-refractivity contribution in [1.82, 2.24) is 4.90 Å². The van der Waals surface area contributed by atoms with Crippen LogP contribution >= 0.6 is 0 Å². The molecule has 2 aromatic rings. The lowest BCUT2D eigenvalue weighted by atomic mass is 10.0. The number of nitrogens with one attached hydrogen (secondary N) is 1. The van der Waals surface area contributed by atoms with Gasteiger partial charge in [-0.25, -0.2) is 0 Å². The molecule has 2 aliphatic heterocycles. The fourth-order valence-corrected chi connectivity index (χ4v) is 4.58. The third kappa shape index (κ3) is 5.10. The Kier molecular flexibility index (Phi) is 6.35. The minimum Gasteiger partial charge on any atom is -0.484 e. The molecule has 0 unspecified atom stereocenters. The average molecular weight is 395 g/mol. The van der Waals surface area contributed by atoms with Crippen LogP contribution in [0.15, 0.2) is 54.6 Å². The Labute approximate surface area is 173 Å². The van der Waals surface area contributed by atoms with Crippen molar-refractivity contribution in [2.24, 2.45) is 0 Å². The van der Waals surface area contributed by atoms with Crippen LogP contribution in [0.3, 0.4) is 0 Å². The molecule has 0 bridgehead atoms. The normalized spacial score (nSPS) is 18.7. The SMILES string of the molecule is Cc1cccc(OCC(=O)N2CCC([NH+]3CCN(c4ccccc4)CC3)CC2)c1. The number of ether oxygens (including phenoxy) is 1. The molecule has 0 saturated carbocycles. The number of quaternary nitrogens is 1. The highest BCUT2D eigenvalue weighted by molar-refractivity contribution is 5.77. The lowest BCUT2D eigenvalue weighted by molar-refractivity contribution is -0.927. The maximum absolute atomic E-state index is 12.5. The predicted octanol–water partition coefficient (Wildman–Crippen LogP) is 1.77. The molecule has 0 aliphatic carbocycles. The lowest BCUT2D eigenvalue weighted by Gasteiger charge is -2.40. The number of aryl methyl sites for hydroxylation is 1. The highest BCUT2D eigenvalue weighted by atomic mass is 16.5. The zero-order valence-electron chi connectivity index (χ0n) is 17.3. The summed E-state index contributed by atoms with van der Waals surface area (Å²) in [5.74, 6) is 0.878. The number of amides is 1. The monoisotopic (exact) mass is 394 g/mol. The van der Waals surface area contributed by atoms with Gasteiger partial charge in [0.1, 0.15) is 5.75 Å². The molecule has 29 heavy (non-hydrogen) atoms. The smallest absolute Gasteiger partial charge is 0.260 e. The molecular weight excluding hydrogens is 362 g/mol. The van der Waals surface area contributed by atoms with Gasteiger partial charge in [0.25, 0.3) is 5.91 Å². The molecule has 2 aromatic carbocycles. The standard InChI is InChI=1S/C24H31N3O2/c1-20-6-5-9-23(18-20)29-19-24(28)27-12-10-22(11-13-27)26-16-14-25(15-17-26)21-7-3-2-4-8-21/h2-9,18,22H,10-17,19H2,1H3/p+1. The van der Waals surface area contributed by atoms with Gasteiger partial charge in [-0.05, 0) is 36.8 Å². The zero-order valence-corrected chi connectivity index (χ0v) is 17.3. The fourth-order valence-electron chi connectivity index (χ4n) is 4.58. The molecule has 1 N–H and O–H groups in total. The number of hydrogen-bond acceptors (Lipinski definition) is 3. The van der Waals surface area contributed by atoms with Crippen molar-refractivity contribution in [3.63, 3.8) is 0 Å². The van der Waals surface area contributed by atoms with E-state index < -0.39 is 0 Å². The molecule has 0 spiro atoms. The molecule has 0 aromatic heterocycles. The summed E-state index contributed by atoms with van der Waals surface area (Å²) in [5.41, 5.74) is 2.48. The quantitative estimate of drug-likeness (QED) is 0.840. The van der Waals surface area contributed by atoms with E-state index in [1.54, 1.807) is 4.90 Å². The van der Waals surface area contributed by atoms with Gasteiger partial charge in [-0.2, -0.15) is 0 Å². The van der Waals surface area contributed by atoms with Crippen LogP contribution < -0.4 is 14.5 Å². The number of piperidine rings is 1. The van der Waals surface area contributed by atoms with E-state index in [2.05, 4.69) is 35.2 Å². The first-order chi connectivity index (χ1) is 14.2. The number of piperazine rings is 1. The van der Waals surface area contributed by atoms with Gasteiger partial charge in [0.05, 0.1) is 32.2 Å². The predicted molar refractivity (Wildman–Crippen MR) is 116 cm³/mol. The van der Waals surface area contributed by atoms with Gasteiger partial charge < -0.3 is 19.4 Å². The summed E-state index contributed by atoms with van der Waals surface area (Å²) in [6, 6.07) is 19.3. The first-order valence-electron chi connectivity index (χ1n) is 10.8. The van der Waals surface area contributed by atoms with E-state index in [-0.39, 0.29) is 12.5 Å². The van der Waals surface area contributed by atoms with E-state index >= 15 is 0 Å². The Bertz CT molecular complexity index is 795. The second-order valence-electron chi connectivity index (χ2n) is 8.24. The van der Waals surface area contributed by atoms with Crippen molar-refractivity contribution in [2.45, 2.75) is 25.8 Å². The van der Waals surface area contributed by atoms with E-state index in [0.717, 1.165) is 50.3 Å². The molecule has 2 heterocycles. The number of hydrogen-bond donors (Lipinski definition) is 1. The Balaban J connectivity index is 1.20. The van der Waals surface area contributed by atoms with Crippen LogP contribution in [0, 0.1) is 6.92 Å². The minimum atomic E-state index is 0.105. The number of benzene rings is 2. The third-order valence-corrected chi connectivity index (χ3v) is 6.30. The second-order valence-corrected chi connectivity index (χ2v) is 8.24. The maximum atomic E-state index is 12.5. The van der Waals surface area contributed by atoms with E-state index in [0.29, 0.717) is 6.04 Å². The van der Waals surface area contributed by atoms with Crippen LogP contribution in [-0.2, 0) is 4.79 Å². The largest absolute Gasteiger partial charge is 0.484 e. The Morgan fingerprint density at radius 3 is 2.41 bits per heavy atom. The number of carbonyl (C=O) groups excluding carboxylic acids is 1. The summed E-state index contributed by atoms with van der Waals surface area (Å²) in [6.45, 7) is 8.47. The molecule has 5 heteroatoms. The van der Waals surface area contributed by atoms with Gasteiger partial charge in [-0.1, -0.05) is 30.3 Å². The van der Waals surface area contributed by atoms with Gasteiger partial charge in [0.15, 0.2) is 6.61 Å². The Morgan fingerprint density at radius 2 is 1.72 bits per heavy atom. The third-order valence-electron chi connectivity index (χ3n) is 6.30. The molecule has 5 nitrogen and oxygen atoms in total. The van der Waals surface area contributed by atoms with E-state index in [9.17, 15) is 4.79 Å². The number of anilines is 1. The van der Waals surface area contributed by atoms with Gasteiger partial charge in [-0.15, -0.1) is 0 Å². The van der Waals surface area contributed by atoms with Crippen LogP contribution in [0.1, 0.15) is 18.4 Å². The number of para-hydroxylation sites is 1. The molecule has 2 fully saturated rings. The summed E-state index contributed by atoms with van der Waals surface area (Å²) in [4.78, 5) is 18.7. The molecule has 0 radical (unpaired) electrons. The lowest BCUT2D eigenvalue weighted by Crippen LogP contribution is -3.18. The summed E-state index contributed by atoms with van der Waals surface area (Å²) >= 11 is 0. The number of nitrogens with zero attached hydrogens (tertiary/aromatic N) is 2. The van der Waals surface area contributed by atoms with Gasteiger partial charge in [0, 0.05) is 31.6 Å². The Morgan fingerprint density at radius 1 is 1.00 bits per heavy atom. The first-order valence-corrected chi connectivity index (χ1v) is 10.8. The summed E-state index contributed by atoms with van der Waals surface area (Å²) in [7, 11) is 0. The van der Waals surface area contributed by atoms with Crippen LogP contribution in [0.2, 0.25) is 0 Å².